The van der Waals surface area contributed by atoms with Crippen LogP contribution in [0.1, 0.15) is 5.56 Å². The zero-order valence-corrected chi connectivity index (χ0v) is 12.5. The van der Waals surface area contributed by atoms with Crippen molar-refractivity contribution in [3.8, 4) is 0 Å². The molecular formula is C11H13BrN4OS. The minimum Gasteiger partial charge on any atom is -0.299 e. The fourth-order valence-electron chi connectivity index (χ4n) is 1.80. The van der Waals surface area contributed by atoms with Crippen molar-refractivity contribution in [2.24, 2.45) is 10.4 Å². The molecule has 0 saturated carbocycles. The summed E-state index contributed by atoms with van der Waals surface area (Å²) in [7, 11) is 1.73. The SMILES string of the molecule is CSc1cccc(N2N=NN(C)C2C=O)c1CBr. The minimum atomic E-state index is -0.472. The first kappa shape index (κ1) is 13.4. The Hall–Kier alpha value is -1.08. The normalized spacial score (nSPS) is 18.5. The number of hydrogen-bond acceptors (Lipinski definition) is 6. The number of aldehydes is 1. The van der Waals surface area contributed by atoms with Gasteiger partial charge in [0.15, 0.2) is 12.5 Å². The Morgan fingerprint density at radius 2 is 2.28 bits per heavy atom. The van der Waals surface area contributed by atoms with Crippen molar-refractivity contribution < 1.29 is 4.79 Å². The Balaban J connectivity index is 2.45. The van der Waals surface area contributed by atoms with Gasteiger partial charge < -0.3 is 0 Å². The summed E-state index contributed by atoms with van der Waals surface area (Å²) in [6, 6.07) is 5.96. The van der Waals surface area contributed by atoms with E-state index in [1.165, 1.54) is 9.90 Å². The van der Waals surface area contributed by atoms with Gasteiger partial charge in [-0.3, -0.25) is 4.79 Å². The molecule has 5 nitrogen and oxygen atoms in total. The van der Waals surface area contributed by atoms with Crippen LogP contribution in [0, 0.1) is 0 Å². The number of rotatable bonds is 4. The molecule has 1 aliphatic heterocycles. The molecule has 1 heterocycles. The van der Waals surface area contributed by atoms with Gasteiger partial charge in [-0.2, -0.15) is 0 Å². The van der Waals surface area contributed by atoms with Crippen LogP contribution in [0.4, 0.5) is 5.69 Å². The van der Waals surface area contributed by atoms with Gasteiger partial charge in [0.2, 0.25) is 0 Å². The van der Waals surface area contributed by atoms with Crippen molar-refractivity contribution in [1.82, 2.24) is 5.01 Å². The molecule has 18 heavy (non-hydrogen) atoms. The molecule has 0 radical (unpaired) electrons. The molecule has 2 rings (SSSR count). The van der Waals surface area contributed by atoms with Gasteiger partial charge in [-0.25, -0.2) is 10.0 Å². The summed E-state index contributed by atoms with van der Waals surface area (Å²) in [4.78, 5) is 12.3. The standard InChI is InChI=1S/C11H13BrN4OS/c1-15-11(7-17)16(14-13-15)9-4-3-5-10(18-2)8(9)6-12/h3-5,7,11H,6H2,1-2H3. The topological polar surface area (TPSA) is 48.3 Å². The number of hydrogen-bond donors (Lipinski definition) is 0. The summed E-state index contributed by atoms with van der Waals surface area (Å²) >= 11 is 5.16. The van der Waals surface area contributed by atoms with E-state index in [1.807, 2.05) is 18.4 Å². The van der Waals surface area contributed by atoms with E-state index >= 15 is 0 Å². The molecule has 0 N–H and O–H groups in total. The molecule has 1 atom stereocenters. The predicted octanol–water partition coefficient (Wildman–Crippen LogP) is 2.86. The lowest BCUT2D eigenvalue weighted by Crippen LogP contribution is -2.38. The molecule has 1 unspecified atom stereocenters. The first-order valence-corrected chi connectivity index (χ1v) is 7.68. The zero-order valence-electron chi connectivity index (χ0n) is 10.1. The van der Waals surface area contributed by atoms with Crippen molar-refractivity contribution in [3.63, 3.8) is 0 Å². The van der Waals surface area contributed by atoms with Gasteiger partial charge in [-0.15, -0.1) is 11.8 Å². The third kappa shape index (κ3) is 2.24. The van der Waals surface area contributed by atoms with Crippen LogP contribution in [0.5, 0.6) is 0 Å². The van der Waals surface area contributed by atoms with E-state index < -0.39 is 6.17 Å². The van der Waals surface area contributed by atoms with Crippen LogP contribution in [0.25, 0.3) is 0 Å². The highest BCUT2D eigenvalue weighted by molar-refractivity contribution is 9.08. The Morgan fingerprint density at radius 1 is 1.50 bits per heavy atom. The van der Waals surface area contributed by atoms with E-state index in [-0.39, 0.29) is 0 Å². The molecule has 1 aromatic rings. The van der Waals surface area contributed by atoms with Crippen molar-refractivity contribution in [1.29, 1.82) is 0 Å². The van der Waals surface area contributed by atoms with Crippen molar-refractivity contribution in [2.45, 2.75) is 16.4 Å². The van der Waals surface area contributed by atoms with Crippen LogP contribution in [-0.2, 0) is 10.1 Å². The molecule has 96 valence electrons. The van der Waals surface area contributed by atoms with Crippen molar-refractivity contribution in [2.75, 3.05) is 18.3 Å². The van der Waals surface area contributed by atoms with Gasteiger partial charge in [0.25, 0.3) is 0 Å². The lowest BCUT2D eigenvalue weighted by Gasteiger charge is -2.23. The molecular weight excluding hydrogens is 316 g/mol. The fourth-order valence-corrected chi connectivity index (χ4v) is 3.21. The number of carbonyl (C=O) groups excluding carboxylic acids is 1. The number of carbonyl (C=O) groups is 1. The minimum absolute atomic E-state index is 0.472. The average molecular weight is 329 g/mol. The van der Waals surface area contributed by atoms with Crippen LogP contribution in [0.2, 0.25) is 0 Å². The molecule has 0 spiro atoms. The molecule has 1 aliphatic rings. The highest BCUT2D eigenvalue weighted by Gasteiger charge is 2.29. The quantitative estimate of drug-likeness (QED) is 0.484. The second kappa shape index (κ2) is 5.71. The number of nitrogens with zero attached hydrogens (tertiary/aromatic N) is 4. The molecule has 0 amide bonds. The van der Waals surface area contributed by atoms with Crippen LogP contribution in [0.15, 0.2) is 33.5 Å². The maximum atomic E-state index is 11.1. The van der Waals surface area contributed by atoms with E-state index in [0.29, 0.717) is 5.33 Å². The lowest BCUT2D eigenvalue weighted by atomic mass is 10.2. The fraction of sp³-hybridized carbons (Fsp3) is 0.364. The number of thioether (sulfide) groups is 1. The Bertz CT molecular complexity index is 482. The molecule has 0 aliphatic carbocycles. The van der Waals surface area contributed by atoms with Crippen LogP contribution >= 0.6 is 27.7 Å². The first-order chi connectivity index (χ1) is 8.72. The predicted molar refractivity (Wildman–Crippen MR) is 75.8 cm³/mol. The second-order valence-corrected chi connectivity index (χ2v) is 5.15. The largest absolute Gasteiger partial charge is 0.299 e. The number of likely N-dealkylation sites (N-methyl/N-ethyl adjacent to an activating group) is 1. The highest BCUT2D eigenvalue weighted by Crippen LogP contribution is 2.34. The maximum Gasteiger partial charge on any atom is 0.197 e. The molecule has 0 saturated heterocycles. The monoisotopic (exact) mass is 328 g/mol. The van der Waals surface area contributed by atoms with Crippen LogP contribution in [0.3, 0.4) is 0 Å². The average Bonchev–Trinajstić information content (AvgIpc) is 2.78. The summed E-state index contributed by atoms with van der Waals surface area (Å²) in [6.07, 6.45) is 2.39. The van der Waals surface area contributed by atoms with E-state index in [4.69, 9.17) is 0 Å². The van der Waals surface area contributed by atoms with Crippen LogP contribution in [-0.4, -0.2) is 30.8 Å². The van der Waals surface area contributed by atoms with Gasteiger partial charge in [0, 0.05) is 22.8 Å². The summed E-state index contributed by atoms with van der Waals surface area (Å²) in [5.74, 6) is 0. The molecule has 1 aromatic carbocycles. The van der Waals surface area contributed by atoms with Gasteiger partial charge in [-0.1, -0.05) is 27.2 Å². The van der Waals surface area contributed by atoms with Gasteiger partial charge in [-0.05, 0) is 23.6 Å². The summed E-state index contributed by atoms with van der Waals surface area (Å²) in [5.41, 5.74) is 2.02. The van der Waals surface area contributed by atoms with Crippen LogP contribution < -0.4 is 5.01 Å². The molecule has 0 fully saturated rings. The second-order valence-electron chi connectivity index (χ2n) is 3.74. The number of alkyl halides is 1. The summed E-state index contributed by atoms with van der Waals surface area (Å²) in [5, 5.41) is 11.8. The maximum absolute atomic E-state index is 11.1. The van der Waals surface area contributed by atoms with E-state index in [9.17, 15) is 4.79 Å². The van der Waals surface area contributed by atoms with E-state index in [1.54, 1.807) is 23.8 Å². The Kier molecular flexibility index (Phi) is 4.23. The smallest absolute Gasteiger partial charge is 0.197 e. The highest BCUT2D eigenvalue weighted by atomic mass is 79.9. The van der Waals surface area contributed by atoms with E-state index in [2.05, 4.69) is 32.4 Å². The van der Waals surface area contributed by atoms with E-state index in [0.717, 1.165) is 17.5 Å². The number of anilines is 1. The first-order valence-electron chi connectivity index (χ1n) is 5.33. The Labute approximate surface area is 118 Å². The Morgan fingerprint density at radius 3 is 2.89 bits per heavy atom. The van der Waals surface area contributed by atoms with Gasteiger partial charge in [0.05, 0.1) is 5.69 Å². The van der Waals surface area contributed by atoms with Gasteiger partial charge in [0.1, 0.15) is 0 Å². The third-order valence-corrected chi connectivity index (χ3v) is 4.12. The summed E-state index contributed by atoms with van der Waals surface area (Å²) in [6.45, 7) is 0. The number of benzene rings is 1. The van der Waals surface area contributed by atoms with Crippen molar-refractivity contribution >= 4 is 39.7 Å². The summed E-state index contributed by atoms with van der Waals surface area (Å²) < 4.78 is 0. The number of halogens is 1. The van der Waals surface area contributed by atoms with Crippen molar-refractivity contribution in [3.05, 3.63) is 23.8 Å². The molecule has 0 bridgehead atoms. The van der Waals surface area contributed by atoms with Gasteiger partial charge >= 0.3 is 0 Å². The third-order valence-electron chi connectivity index (χ3n) is 2.74. The zero-order chi connectivity index (χ0) is 13.1. The lowest BCUT2D eigenvalue weighted by molar-refractivity contribution is -0.111. The molecule has 7 heteroatoms. The molecule has 0 aromatic heterocycles.